The lowest BCUT2D eigenvalue weighted by Gasteiger charge is -2.13. The van der Waals surface area contributed by atoms with Crippen molar-refractivity contribution in [1.82, 2.24) is 10.5 Å². The highest BCUT2D eigenvalue weighted by molar-refractivity contribution is 5.98. The Bertz CT molecular complexity index is 600. The minimum Gasteiger partial charge on any atom is -0.380 e. The van der Waals surface area contributed by atoms with Crippen LogP contribution in [0.1, 0.15) is 29.8 Å². The maximum atomic E-state index is 12.2. The molecule has 1 heterocycles. The first kappa shape index (κ1) is 16.0. The number of para-hydroxylation sites is 1. The van der Waals surface area contributed by atoms with Crippen molar-refractivity contribution in [3.05, 3.63) is 59.9 Å². The summed E-state index contributed by atoms with van der Waals surface area (Å²) in [5.74, 6) is 0.110. The van der Waals surface area contributed by atoms with Gasteiger partial charge in [-0.2, -0.15) is 0 Å². The standard InChI is InChI=1S/C17H21N3O2/c1-13(2)12-22-20-17(21)15-5-3-4-6-16(15)19-11-14-7-9-18-10-8-14/h3-10,13,19H,11-12H2,1-2H3,(H,20,21). The van der Waals surface area contributed by atoms with Gasteiger partial charge in [0.1, 0.15) is 0 Å². The number of hydrogen-bond acceptors (Lipinski definition) is 4. The summed E-state index contributed by atoms with van der Waals surface area (Å²) in [4.78, 5) is 21.4. The van der Waals surface area contributed by atoms with Crippen LogP contribution in [0.25, 0.3) is 0 Å². The van der Waals surface area contributed by atoms with Crippen LogP contribution in [-0.2, 0) is 11.4 Å². The fourth-order valence-corrected chi connectivity index (χ4v) is 1.86. The van der Waals surface area contributed by atoms with Crippen LogP contribution < -0.4 is 10.8 Å². The Morgan fingerprint density at radius 2 is 1.91 bits per heavy atom. The molecule has 5 heteroatoms. The topological polar surface area (TPSA) is 63.2 Å². The van der Waals surface area contributed by atoms with Crippen molar-refractivity contribution >= 4 is 11.6 Å². The maximum absolute atomic E-state index is 12.2. The summed E-state index contributed by atoms with van der Waals surface area (Å²) >= 11 is 0. The van der Waals surface area contributed by atoms with Crippen molar-refractivity contribution < 1.29 is 9.63 Å². The number of amides is 1. The second-order valence-electron chi connectivity index (χ2n) is 5.39. The molecule has 0 radical (unpaired) electrons. The highest BCUT2D eigenvalue weighted by Crippen LogP contribution is 2.16. The van der Waals surface area contributed by atoms with Gasteiger partial charge in [-0.05, 0) is 35.7 Å². The van der Waals surface area contributed by atoms with Crippen molar-refractivity contribution in [3.63, 3.8) is 0 Å². The zero-order valence-corrected chi connectivity index (χ0v) is 12.9. The average Bonchev–Trinajstić information content (AvgIpc) is 2.54. The van der Waals surface area contributed by atoms with Crippen molar-refractivity contribution in [2.24, 2.45) is 5.92 Å². The Morgan fingerprint density at radius 1 is 1.18 bits per heavy atom. The van der Waals surface area contributed by atoms with Crippen molar-refractivity contribution in [1.29, 1.82) is 0 Å². The highest BCUT2D eigenvalue weighted by atomic mass is 16.6. The molecule has 0 aliphatic rings. The number of aromatic nitrogens is 1. The SMILES string of the molecule is CC(C)CONC(=O)c1ccccc1NCc1ccncc1. The molecule has 0 unspecified atom stereocenters. The van der Waals surface area contributed by atoms with E-state index >= 15 is 0 Å². The first-order chi connectivity index (χ1) is 10.7. The molecule has 2 aromatic rings. The zero-order chi connectivity index (χ0) is 15.8. The summed E-state index contributed by atoms with van der Waals surface area (Å²) in [6.45, 7) is 5.16. The number of nitrogens with zero attached hydrogens (tertiary/aromatic N) is 1. The predicted octanol–water partition coefficient (Wildman–Crippen LogP) is 3.01. The molecule has 2 rings (SSSR count). The molecule has 22 heavy (non-hydrogen) atoms. The van der Waals surface area contributed by atoms with Crippen molar-refractivity contribution in [2.45, 2.75) is 20.4 Å². The van der Waals surface area contributed by atoms with E-state index in [0.29, 0.717) is 24.6 Å². The zero-order valence-electron chi connectivity index (χ0n) is 12.9. The van der Waals surface area contributed by atoms with Gasteiger partial charge in [0.15, 0.2) is 0 Å². The van der Waals surface area contributed by atoms with Crippen LogP contribution in [-0.4, -0.2) is 17.5 Å². The van der Waals surface area contributed by atoms with Crippen LogP contribution in [0.3, 0.4) is 0 Å². The Hall–Kier alpha value is -2.40. The fourth-order valence-electron chi connectivity index (χ4n) is 1.86. The number of hydrogen-bond donors (Lipinski definition) is 2. The summed E-state index contributed by atoms with van der Waals surface area (Å²) in [7, 11) is 0. The van der Waals surface area contributed by atoms with Crippen LogP contribution in [0.2, 0.25) is 0 Å². The Labute approximate surface area is 130 Å². The number of pyridine rings is 1. The molecule has 0 aliphatic carbocycles. The maximum Gasteiger partial charge on any atom is 0.276 e. The number of carbonyl (C=O) groups excluding carboxylic acids is 1. The third-order valence-electron chi connectivity index (χ3n) is 2.99. The molecule has 2 N–H and O–H groups in total. The third kappa shape index (κ3) is 4.86. The number of hydroxylamine groups is 1. The Kier molecular flexibility index (Phi) is 5.91. The van der Waals surface area contributed by atoms with Gasteiger partial charge in [-0.1, -0.05) is 26.0 Å². The minimum absolute atomic E-state index is 0.251. The lowest BCUT2D eigenvalue weighted by molar-refractivity contribution is 0.0209. The van der Waals surface area contributed by atoms with Gasteiger partial charge < -0.3 is 5.32 Å². The number of benzene rings is 1. The van der Waals surface area contributed by atoms with E-state index in [9.17, 15) is 4.79 Å². The predicted molar refractivity (Wildman–Crippen MR) is 86.3 cm³/mol. The highest BCUT2D eigenvalue weighted by Gasteiger charge is 2.11. The van der Waals surface area contributed by atoms with E-state index in [1.807, 2.05) is 44.2 Å². The lowest BCUT2D eigenvalue weighted by Crippen LogP contribution is -2.26. The quantitative estimate of drug-likeness (QED) is 0.771. The fraction of sp³-hybridized carbons (Fsp3) is 0.294. The van der Waals surface area contributed by atoms with E-state index in [1.54, 1.807) is 18.5 Å². The van der Waals surface area contributed by atoms with E-state index in [1.165, 1.54) is 0 Å². The summed E-state index contributed by atoms with van der Waals surface area (Å²) in [6, 6.07) is 11.2. The molecule has 1 amide bonds. The van der Waals surface area contributed by atoms with Gasteiger partial charge in [0, 0.05) is 24.6 Å². The van der Waals surface area contributed by atoms with Gasteiger partial charge in [0.05, 0.1) is 12.2 Å². The molecule has 0 spiro atoms. The average molecular weight is 299 g/mol. The Morgan fingerprint density at radius 3 is 2.64 bits per heavy atom. The van der Waals surface area contributed by atoms with E-state index in [4.69, 9.17) is 4.84 Å². The van der Waals surface area contributed by atoms with Crippen molar-refractivity contribution in [3.8, 4) is 0 Å². The molecule has 0 bridgehead atoms. The number of carbonyl (C=O) groups is 1. The van der Waals surface area contributed by atoms with Crippen LogP contribution in [0.5, 0.6) is 0 Å². The number of nitrogens with one attached hydrogen (secondary N) is 2. The van der Waals surface area contributed by atoms with Crippen LogP contribution >= 0.6 is 0 Å². The molecular weight excluding hydrogens is 278 g/mol. The first-order valence-electron chi connectivity index (χ1n) is 7.30. The number of anilines is 1. The van der Waals surface area contributed by atoms with Gasteiger partial charge >= 0.3 is 0 Å². The van der Waals surface area contributed by atoms with Gasteiger partial charge in [0.25, 0.3) is 5.91 Å². The van der Waals surface area contributed by atoms with Crippen LogP contribution in [0.4, 0.5) is 5.69 Å². The summed E-state index contributed by atoms with van der Waals surface area (Å²) < 4.78 is 0. The molecule has 0 saturated heterocycles. The summed E-state index contributed by atoms with van der Waals surface area (Å²) in [5.41, 5.74) is 4.90. The molecule has 0 saturated carbocycles. The molecule has 0 atom stereocenters. The second kappa shape index (κ2) is 8.14. The van der Waals surface area contributed by atoms with Gasteiger partial charge in [-0.25, -0.2) is 5.48 Å². The lowest BCUT2D eigenvalue weighted by atomic mass is 10.1. The molecule has 1 aromatic heterocycles. The van der Waals surface area contributed by atoms with Gasteiger partial charge in [-0.15, -0.1) is 0 Å². The Balaban J connectivity index is 1.98. The van der Waals surface area contributed by atoms with Gasteiger partial charge in [0.2, 0.25) is 0 Å². The summed E-state index contributed by atoms with van der Waals surface area (Å²) in [5, 5.41) is 3.27. The van der Waals surface area contributed by atoms with E-state index in [2.05, 4.69) is 15.8 Å². The van der Waals surface area contributed by atoms with E-state index in [0.717, 1.165) is 11.3 Å². The van der Waals surface area contributed by atoms with Gasteiger partial charge in [-0.3, -0.25) is 14.6 Å². The van der Waals surface area contributed by atoms with E-state index in [-0.39, 0.29) is 5.91 Å². The smallest absolute Gasteiger partial charge is 0.276 e. The normalized spacial score (nSPS) is 10.5. The molecule has 0 fully saturated rings. The van der Waals surface area contributed by atoms with Crippen LogP contribution in [0.15, 0.2) is 48.8 Å². The minimum atomic E-state index is -0.251. The second-order valence-corrected chi connectivity index (χ2v) is 5.39. The number of rotatable bonds is 7. The molecule has 5 nitrogen and oxygen atoms in total. The molecular formula is C17H21N3O2. The molecule has 116 valence electrons. The monoisotopic (exact) mass is 299 g/mol. The van der Waals surface area contributed by atoms with Crippen molar-refractivity contribution in [2.75, 3.05) is 11.9 Å². The first-order valence-corrected chi connectivity index (χ1v) is 7.30. The largest absolute Gasteiger partial charge is 0.380 e. The molecule has 0 aliphatic heterocycles. The molecule has 1 aromatic carbocycles. The summed E-state index contributed by atoms with van der Waals surface area (Å²) in [6.07, 6.45) is 3.49. The third-order valence-corrected chi connectivity index (χ3v) is 2.99. The van der Waals surface area contributed by atoms with Crippen LogP contribution in [0, 0.1) is 5.92 Å². The van der Waals surface area contributed by atoms with E-state index < -0.39 is 0 Å².